The van der Waals surface area contributed by atoms with Crippen molar-refractivity contribution in [2.24, 2.45) is 0 Å². The number of hydrogen-bond donors (Lipinski definition) is 2. The number of aromatic nitrogens is 1. The smallest absolute Gasteiger partial charge is 0.354 e. The van der Waals surface area contributed by atoms with E-state index in [0.29, 0.717) is 5.75 Å². The average Bonchev–Trinajstić information content (AvgIpc) is 2.14. The van der Waals surface area contributed by atoms with E-state index in [1.165, 1.54) is 18.3 Å². The first kappa shape index (κ1) is 11.5. The zero-order valence-corrected chi connectivity index (χ0v) is 8.60. The summed E-state index contributed by atoms with van der Waals surface area (Å²) in [6.07, 6.45) is 1.31. The van der Waals surface area contributed by atoms with Gasteiger partial charge in [0.2, 0.25) is 0 Å². The SMILES string of the molecule is CC(C)(O)COc1ccc(C(=O)O)nc1. The molecule has 0 aliphatic heterocycles. The summed E-state index contributed by atoms with van der Waals surface area (Å²) in [5, 5.41) is 18.0. The van der Waals surface area contributed by atoms with Gasteiger partial charge in [-0.25, -0.2) is 9.78 Å². The maximum atomic E-state index is 10.5. The molecule has 15 heavy (non-hydrogen) atoms. The van der Waals surface area contributed by atoms with Gasteiger partial charge in [0.1, 0.15) is 18.1 Å². The lowest BCUT2D eigenvalue weighted by molar-refractivity contribution is 0.0283. The summed E-state index contributed by atoms with van der Waals surface area (Å²) in [4.78, 5) is 14.2. The van der Waals surface area contributed by atoms with Gasteiger partial charge in [-0.2, -0.15) is 0 Å². The van der Waals surface area contributed by atoms with Crippen molar-refractivity contribution in [1.82, 2.24) is 4.98 Å². The number of carboxylic acids is 1. The molecule has 0 bridgehead atoms. The van der Waals surface area contributed by atoms with Crippen LogP contribution in [0.5, 0.6) is 5.75 Å². The summed E-state index contributed by atoms with van der Waals surface area (Å²) in [5.74, 6) is -0.647. The lowest BCUT2D eigenvalue weighted by atomic mass is 10.2. The first-order chi connectivity index (χ1) is 6.88. The number of nitrogens with zero attached hydrogens (tertiary/aromatic N) is 1. The maximum Gasteiger partial charge on any atom is 0.354 e. The molecule has 0 aliphatic rings. The molecular formula is C10H13NO4. The molecule has 0 atom stereocenters. The van der Waals surface area contributed by atoms with Crippen LogP contribution < -0.4 is 4.74 Å². The van der Waals surface area contributed by atoms with Crippen molar-refractivity contribution in [3.63, 3.8) is 0 Å². The topological polar surface area (TPSA) is 79.7 Å². The maximum absolute atomic E-state index is 10.5. The monoisotopic (exact) mass is 211 g/mol. The van der Waals surface area contributed by atoms with Gasteiger partial charge in [0, 0.05) is 0 Å². The normalized spacial score (nSPS) is 11.1. The van der Waals surface area contributed by atoms with E-state index in [-0.39, 0.29) is 12.3 Å². The molecule has 1 aromatic heterocycles. The fourth-order valence-electron chi connectivity index (χ4n) is 0.852. The predicted molar refractivity (Wildman–Crippen MR) is 53.0 cm³/mol. The van der Waals surface area contributed by atoms with E-state index in [4.69, 9.17) is 9.84 Å². The van der Waals surface area contributed by atoms with Gasteiger partial charge in [-0.3, -0.25) is 0 Å². The Morgan fingerprint density at radius 3 is 2.60 bits per heavy atom. The van der Waals surface area contributed by atoms with E-state index in [9.17, 15) is 9.90 Å². The zero-order valence-electron chi connectivity index (χ0n) is 8.60. The van der Waals surface area contributed by atoms with Gasteiger partial charge in [0.25, 0.3) is 0 Å². The summed E-state index contributed by atoms with van der Waals surface area (Å²) in [5.41, 5.74) is -0.962. The molecule has 0 saturated heterocycles. The Labute approximate surface area is 87.3 Å². The van der Waals surface area contributed by atoms with Crippen molar-refractivity contribution in [3.05, 3.63) is 24.0 Å². The molecular weight excluding hydrogens is 198 g/mol. The van der Waals surface area contributed by atoms with Gasteiger partial charge in [0.05, 0.1) is 11.8 Å². The fraction of sp³-hybridized carbons (Fsp3) is 0.400. The summed E-state index contributed by atoms with van der Waals surface area (Å²) in [7, 11) is 0. The van der Waals surface area contributed by atoms with Gasteiger partial charge in [-0.05, 0) is 26.0 Å². The van der Waals surface area contributed by atoms with E-state index in [1.807, 2.05) is 0 Å². The third-order valence-electron chi connectivity index (χ3n) is 1.55. The molecule has 0 amide bonds. The molecule has 0 fully saturated rings. The van der Waals surface area contributed by atoms with E-state index >= 15 is 0 Å². The largest absolute Gasteiger partial charge is 0.489 e. The van der Waals surface area contributed by atoms with Crippen LogP contribution in [0.4, 0.5) is 0 Å². The van der Waals surface area contributed by atoms with Gasteiger partial charge >= 0.3 is 5.97 Å². The third kappa shape index (κ3) is 3.95. The second kappa shape index (κ2) is 4.27. The third-order valence-corrected chi connectivity index (χ3v) is 1.55. The molecule has 0 aromatic carbocycles. The van der Waals surface area contributed by atoms with Crippen molar-refractivity contribution < 1.29 is 19.7 Å². The summed E-state index contributed by atoms with van der Waals surface area (Å²) < 4.78 is 5.20. The minimum Gasteiger partial charge on any atom is -0.489 e. The summed E-state index contributed by atoms with van der Waals surface area (Å²) in [6, 6.07) is 2.85. The number of aliphatic hydroxyl groups is 1. The molecule has 0 spiro atoms. The summed E-state index contributed by atoms with van der Waals surface area (Å²) in [6.45, 7) is 3.36. The molecule has 0 unspecified atom stereocenters. The molecule has 1 heterocycles. The molecule has 5 nitrogen and oxygen atoms in total. The van der Waals surface area contributed by atoms with Crippen LogP contribution in [0.2, 0.25) is 0 Å². The zero-order chi connectivity index (χ0) is 11.5. The molecule has 5 heteroatoms. The van der Waals surface area contributed by atoms with Crippen LogP contribution in [0.1, 0.15) is 24.3 Å². The molecule has 82 valence electrons. The minimum atomic E-state index is -1.08. The molecule has 0 saturated carbocycles. The standard InChI is InChI=1S/C10H13NO4/c1-10(2,14)6-15-7-3-4-8(9(12)13)11-5-7/h3-5,14H,6H2,1-2H3,(H,12,13). The van der Waals surface area contributed by atoms with Gasteiger partial charge in [-0.1, -0.05) is 0 Å². The highest BCUT2D eigenvalue weighted by Crippen LogP contribution is 2.11. The molecule has 1 aromatic rings. The number of ether oxygens (including phenoxy) is 1. The van der Waals surface area contributed by atoms with Crippen molar-refractivity contribution in [3.8, 4) is 5.75 Å². The van der Waals surface area contributed by atoms with Crippen LogP contribution in [0.3, 0.4) is 0 Å². The average molecular weight is 211 g/mol. The molecule has 0 radical (unpaired) electrons. The number of aromatic carboxylic acids is 1. The van der Waals surface area contributed by atoms with Crippen molar-refractivity contribution in [2.75, 3.05) is 6.61 Å². The van der Waals surface area contributed by atoms with Crippen LogP contribution >= 0.6 is 0 Å². The first-order valence-electron chi connectivity index (χ1n) is 4.43. The first-order valence-corrected chi connectivity index (χ1v) is 4.43. The van der Waals surface area contributed by atoms with Crippen molar-refractivity contribution >= 4 is 5.97 Å². The van der Waals surface area contributed by atoms with E-state index in [0.717, 1.165) is 0 Å². The molecule has 0 aliphatic carbocycles. The van der Waals surface area contributed by atoms with Gasteiger partial charge in [0.15, 0.2) is 0 Å². The van der Waals surface area contributed by atoms with E-state index in [1.54, 1.807) is 13.8 Å². The van der Waals surface area contributed by atoms with Crippen LogP contribution in [-0.2, 0) is 0 Å². The highest BCUT2D eigenvalue weighted by Gasteiger charge is 2.13. The Balaban J connectivity index is 2.61. The van der Waals surface area contributed by atoms with Gasteiger partial charge < -0.3 is 14.9 Å². The van der Waals surface area contributed by atoms with Crippen molar-refractivity contribution in [1.29, 1.82) is 0 Å². The summed E-state index contributed by atoms with van der Waals surface area (Å²) >= 11 is 0. The van der Waals surface area contributed by atoms with Crippen molar-refractivity contribution in [2.45, 2.75) is 19.4 Å². The number of hydrogen-bond acceptors (Lipinski definition) is 4. The Bertz CT molecular complexity index is 339. The number of pyridine rings is 1. The Morgan fingerprint density at radius 1 is 1.53 bits per heavy atom. The van der Waals surface area contributed by atoms with Gasteiger partial charge in [-0.15, -0.1) is 0 Å². The number of rotatable bonds is 4. The molecule has 1 rings (SSSR count). The van der Waals surface area contributed by atoms with E-state index in [2.05, 4.69) is 4.98 Å². The second-order valence-electron chi connectivity index (χ2n) is 3.79. The highest BCUT2D eigenvalue weighted by atomic mass is 16.5. The lowest BCUT2D eigenvalue weighted by Crippen LogP contribution is -2.27. The second-order valence-corrected chi connectivity index (χ2v) is 3.79. The Kier molecular flexibility index (Phi) is 3.26. The van der Waals surface area contributed by atoms with Crippen LogP contribution in [0.25, 0.3) is 0 Å². The number of carbonyl (C=O) groups is 1. The Hall–Kier alpha value is -1.62. The number of carboxylic acid groups (broad SMARTS) is 1. The highest BCUT2D eigenvalue weighted by molar-refractivity contribution is 5.85. The Morgan fingerprint density at radius 2 is 2.20 bits per heavy atom. The predicted octanol–water partition coefficient (Wildman–Crippen LogP) is 0.929. The minimum absolute atomic E-state index is 0.0365. The van der Waals surface area contributed by atoms with E-state index < -0.39 is 11.6 Å². The lowest BCUT2D eigenvalue weighted by Gasteiger charge is -2.17. The molecule has 2 N–H and O–H groups in total. The van der Waals surface area contributed by atoms with Crippen LogP contribution in [-0.4, -0.2) is 33.4 Å². The quantitative estimate of drug-likeness (QED) is 0.774. The van der Waals surface area contributed by atoms with Crippen LogP contribution in [0.15, 0.2) is 18.3 Å². The van der Waals surface area contributed by atoms with Crippen LogP contribution in [0, 0.1) is 0 Å². The fourth-order valence-corrected chi connectivity index (χ4v) is 0.852.